The van der Waals surface area contributed by atoms with Gasteiger partial charge in [0.1, 0.15) is 5.75 Å². The molecule has 0 amide bonds. The quantitative estimate of drug-likeness (QED) is 0.791. The van der Waals surface area contributed by atoms with Gasteiger partial charge in [0, 0.05) is 23.4 Å². The first kappa shape index (κ1) is 16.4. The maximum Gasteiger partial charge on any atom is 0.123 e. The Kier molecular flexibility index (Phi) is 4.77. The van der Waals surface area contributed by atoms with E-state index in [1.165, 1.54) is 0 Å². The third-order valence-electron chi connectivity index (χ3n) is 3.87. The summed E-state index contributed by atoms with van der Waals surface area (Å²) in [6.45, 7) is 8.44. The molecule has 0 spiro atoms. The summed E-state index contributed by atoms with van der Waals surface area (Å²) in [5, 5.41) is 23.9. The number of aliphatic hydroxyl groups is 1. The van der Waals surface area contributed by atoms with Crippen molar-refractivity contribution in [2.45, 2.75) is 39.7 Å². The molecule has 1 heterocycles. The van der Waals surface area contributed by atoms with E-state index in [-0.39, 0.29) is 5.75 Å². The van der Waals surface area contributed by atoms with Crippen LogP contribution in [-0.2, 0) is 5.60 Å². The fourth-order valence-electron chi connectivity index (χ4n) is 2.60. The summed E-state index contributed by atoms with van der Waals surface area (Å²) < 4.78 is 0. The molecule has 0 aromatic heterocycles. The van der Waals surface area contributed by atoms with Gasteiger partial charge in [-0.3, -0.25) is 0 Å². The molecule has 1 aliphatic heterocycles. The third-order valence-corrected chi connectivity index (χ3v) is 3.87. The predicted octanol–water partition coefficient (Wildman–Crippen LogP) is 3.85. The first-order chi connectivity index (χ1) is 10.3. The molecule has 0 atom stereocenters. The summed E-state index contributed by atoms with van der Waals surface area (Å²) >= 11 is 0. The highest BCUT2D eigenvalue weighted by molar-refractivity contribution is 5.85. The highest BCUT2D eigenvalue weighted by Gasteiger charge is 2.20. The lowest BCUT2D eigenvalue weighted by Crippen LogP contribution is -2.17. The van der Waals surface area contributed by atoms with Gasteiger partial charge in [0.05, 0.1) is 5.60 Å². The molecule has 1 aromatic rings. The molecule has 0 fully saturated rings. The Morgan fingerprint density at radius 1 is 1.36 bits per heavy atom. The molecule has 0 saturated carbocycles. The monoisotopic (exact) mass is 299 g/mol. The Morgan fingerprint density at radius 3 is 2.68 bits per heavy atom. The van der Waals surface area contributed by atoms with E-state index in [9.17, 15) is 10.2 Å². The number of phenols is 1. The minimum atomic E-state index is -0.941. The predicted molar refractivity (Wildman–Crippen MR) is 91.5 cm³/mol. The summed E-state index contributed by atoms with van der Waals surface area (Å²) in [6.07, 6.45) is 7.14. The van der Waals surface area contributed by atoms with Crippen molar-refractivity contribution in [2.75, 3.05) is 6.54 Å². The maximum atomic E-state index is 10.3. The van der Waals surface area contributed by atoms with Gasteiger partial charge in [-0.2, -0.15) is 0 Å². The van der Waals surface area contributed by atoms with Crippen molar-refractivity contribution in [2.24, 2.45) is 0 Å². The number of nitrogens with one attached hydrogen (secondary N) is 1. The van der Waals surface area contributed by atoms with Crippen LogP contribution in [0.1, 0.15) is 45.2 Å². The number of benzene rings is 1. The van der Waals surface area contributed by atoms with E-state index < -0.39 is 5.60 Å². The lowest BCUT2D eigenvalue weighted by atomic mass is 9.89. The van der Waals surface area contributed by atoms with E-state index in [0.29, 0.717) is 0 Å². The fourth-order valence-corrected chi connectivity index (χ4v) is 2.60. The summed E-state index contributed by atoms with van der Waals surface area (Å²) in [4.78, 5) is 0. The van der Waals surface area contributed by atoms with Crippen LogP contribution in [0.3, 0.4) is 0 Å². The van der Waals surface area contributed by atoms with Crippen molar-refractivity contribution < 1.29 is 10.2 Å². The van der Waals surface area contributed by atoms with Crippen molar-refractivity contribution in [3.8, 4) is 5.75 Å². The molecule has 0 saturated heterocycles. The molecule has 1 aliphatic rings. The molecule has 0 unspecified atom stereocenters. The van der Waals surface area contributed by atoms with Gasteiger partial charge in [0.25, 0.3) is 0 Å². The zero-order chi connectivity index (χ0) is 16.3. The van der Waals surface area contributed by atoms with Gasteiger partial charge >= 0.3 is 0 Å². The van der Waals surface area contributed by atoms with E-state index in [1.54, 1.807) is 26.0 Å². The SMILES string of the molecule is CC/C=C(\C1=C(C)NCC=C1)c1cc(C(C)(C)O)ccc1O. The van der Waals surface area contributed by atoms with Crippen LogP contribution >= 0.6 is 0 Å². The second-order valence-corrected chi connectivity index (χ2v) is 6.14. The Hall–Kier alpha value is -2.00. The van der Waals surface area contributed by atoms with Crippen LogP contribution in [0.5, 0.6) is 5.75 Å². The molecule has 3 nitrogen and oxygen atoms in total. The lowest BCUT2D eigenvalue weighted by Gasteiger charge is -2.22. The van der Waals surface area contributed by atoms with Crippen LogP contribution in [0, 0.1) is 0 Å². The molecule has 2 rings (SSSR count). The highest BCUT2D eigenvalue weighted by atomic mass is 16.3. The number of allylic oxidation sites excluding steroid dienone is 5. The second kappa shape index (κ2) is 6.41. The summed E-state index contributed by atoms with van der Waals surface area (Å²) in [5.74, 6) is 0.229. The minimum absolute atomic E-state index is 0.229. The van der Waals surface area contributed by atoms with E-state index in [2.05, 4.69) is 30.5 Å². The Bertz CT molecular complexity index is 646. The van der Waals surface area contributed by atoms with Crippen LogP contribution in [0.15, 0.2) is 47.7 Å². The molecule has 0 radical (unpaired) electrons. The average molecular weight is 299 g/mol. The van der Waals surface area contributed by atoms with Crippen molar-refractivity contribution in [3.05, 3.63) is 58.8 Å². The van der Waals surface area contributed by atoms with Gasteiger partial charge in [-0.05, 0) is 50.5 Å². The largest absolute Gasteiger partial charge is 0.507 e. The van der Waals surface area contributed by atoms with E-state index in [0.717, 1.165) is 40.9 Å². The second-order valence-electron chi connectivity index (χ2n) is 6.14. The van der Waals surface area contributed by atoms with E-state index in [1.807, 2.05) is 13.0 Å². The third kappa shape index (κ3) is 3.42. The first-order valence-corrected chi connectivity index (χ1v) is 7.72. The molecule has 0 bridgehead atoms. The molecule has 118 valence electrons. The van der Waals surface area contributed by atoms with Gasteiger partial charge in [0.2, 0.25) is 0 Å². The number of phenolic OH excluding ortho intramolecular Hbond substituents is 1. The Balaban J connectivity index is 2.60. The van der Waals surface area contributed by atoms with Crippen molar-refractivity contribution >= 4 is 5.57 Å². The molecular formula is C19H25NO2. The smallest absolute Gasteiger partial charge is 0.123 e. The van der Waals surface area contributed by atoms with Gasteiger partial charge in [-0.15, -0.1) is 0 Å². The van der Waals surface area contributed by atoms with E-state index in [4.69, 9.17) is 0 Å². The fraction of sp³-hybridized carbons (Fsp3) is 0.368. The number of dihydropyridines is 1. The van der Waals surface area contributed by atoms with Gasteiger partial charge < -0.3 is 15.5 Å². The molecule has 1 aromatic carbocycles. The van der Waals surface area contributed by atoms with Crippen molar-refractivity contribution in [3.63, 3.8) is 0 Å². The first-order valence-electron chi connectivity index (χ1n) is 7.72. The van der Waals surface area contributed by atoms with Gasteiger partial charge in [-0.25, -0.2) is 0 Å². The zero-order valence-corrected chi connectivity index (χ0v) is 13.8. The topological polar surface area (TPSA) is 52.5 Å². The summed E-state index contributed by atoms with van der Waals surface area (Å²) in [7, 11) is 0. The Labute approximate surface area is 132 Å². The van der Waals surface area contributed by atoms with Crippen LogP contribution in [-0.4, -0.2) is 16.8 Å². The summed E-state index contributed by atoms with van der Waals surface area (Å²) in [5.41, 5.74) is 3.76. The summed E-state index contributed by atoms with van der Waals surface area (Å²) in [6, 6.07) is 5.29. The van der Waals surface area contributed by atoms with Crippen LogP contribution in [0.4, 0.5) is 0 Å². The number of hydrogen-bond donors (Lipinski definition) is 3. The average Bonchev–Trinajstić information content (AvgIpc) is 2.45. The van der Waals surface area contributed by atoms with Gasteiger partial charge in [-0.1, -0.05) is 31.2 Å². The molecule has 3 heteroatoms. The molecule has 22 heavy (non-hydrogen) atoms. The molecule has 0 aliphatic carbocycles. The highest BCUT2D eigenvalue weighted by Crippen LogP contribution is 2.36. The number of hydrogen-bond acceptors (Lipinski definition) is 3. The zero-order valence-electron chi connectivity index (χ0n) is 13.8. The maximum absolute atomic E-state index is 10.3. The van der Waals surface area contributed by atoms with Crippen LogP contribution < -0.4 is 5.32 Å². The Morgan fingerprint density at radius 2 is 2.09 bits per heavy atom. The number of aromatic hydroxyl groups is 1. The molecular weight excluding hydrogens is 274 g/mol. The van der Waals surface area contributed by atoms with E-state index >= 15 is 0 Å². The van der Waals surface area contributed by atoms with Crippen molar-refractivity contribution in [1.29, 1.82) is 0 Å². The van der Waals surface area contributed by atoms with Crippen molar-refractivity contribution in [1.82, 2.24) is 5.32 Å². The van der Waals surface area contributed by atoms with Gasteiger partial charge in [0.15, 0.2) is 0 Å². The van der Waals surface area contributed by atoms with Crippen LogP contribution in [0.25, 0.3) is 5.57 Å². The minimum Gasteiger partial charge on any atom is -0.507 e. The number of rotatable bonds is 4. The normalized spacial score (nSPS) is 16.0. The van der Waals surface area contributed by atoms with Crippen LogP contribution in [0.2, 0.25) is 0 Å². The molecule has 3 N–H and O–H groups in total. The lowest BCUT2D eigenvalue weighted by molar-refractivity contribution is 0.0785. The standard InChI is InChI=1S/C19H25NO2/c1-5-7-16(15-8-6-11-20-13(15)2)17-12-14(19(3,4)22)9-10-18(17)21/h6-10,12,20-22H,5,11H2,1-4H3/b16-7+.